The van der Waals surface area contributed by atoms with Crippen LogP contribution in [0.5, 0.6) is 0 Å². The molecule has 6 heteroatoms. The number of carbonyl (C=O) groups excluding carboxylic acids is 1. The third-order valence-electron chi connectivity index (χ3n) is 3.58. The zero-order valence-corrected chi connectivity index (χ0v) is 14.4. The summed E-state index contributed by atoms with van der Waals surface area (Å²) in [6, 6.07) is 11.9. The van der Waals surface area contributed by atoms with Crippen molar-refractivity contribution >= 4 is 23.5 Å². The number of benzene rings is 1. The Morgan fingerprint density at radius 3 is 2.67 bits per heavy atom. The molecule has 0 aliphatic heterocycles. The predicted molar refractivity (Wildman–Crippen MR) is 96.6 cm³/mol. The molecule has 0 saturated heterocycles. The van der Waals surface area contributed by atoms with Crippen molar-refractivity contribution in [2.24, 2.45) is 0 Å². The molecule has 0 saturated carbocycles. The van der Waals surface area contributed by atoms with Crippen molar-refractivity contribution < 1.29 is 4.79 Å². The van der Waals surface area contributed by atoms with E-state index in [0.717, 1.165) is 22.0 Å². The highest BCUT2D eigenvalue weighted by molar-refractivity contribution is 7.99. The van der Waals surface area contributed by atoms with Gasteiger partial charge >= 0.3 is 0 Å². The SMILES string of the molecule is Cc1ccccc1-n1ccnc1SCC(=O)Nc1ncccc1C. The van der Waals surface area contributed by atoms with Crippen LogP contribution in [0.15, 0.2) is 60.1 Å². The normalized spacial score (nSPS) is 10.6. The highest BCUT2D eigenvalue weighted by atomic mass is 32.2. The van der Waals surface area contributed by atoms with E-state index in [-0.39, 0.29) is 11.7 Å². The molecule has 1 amide bonds. The van der Waals surface area contributed by atoms with Crippen molar-refractivity contribution in [3.8, 4) is 5.69 Å². The molecule has 0 unspecified atom stereocenters. The predicted octanol–water partition coefficient (Wildman–Crippen LogP) is 3.61. The molecule has 24 heavy (non-hydrogen) atoms. The summed E-state index contributed by atoms with van der Waals surface area (Å²) in [6.45, 7) is 3.97. The maximum absolute atomic E-state index is 12.2. The Bertz CT molecular complexity index is 859. The highest BCUT2D eigenvalue weighted by Crippen LogP contribution is 2.22. The summed E-state index contributed by atoms with van der Waals surface area (Å²) in [5.41, 5.74) is 3.17. The molecule has 1 aromatic carbocycles. The fourth-order valence-electron chi connectivity index (χ4n) is 2.33. The molecule has 0 fully saturated rings. The first-order chi connectivity index (χ1) is 11.6. The van der Waals surface area contributed by atoms with E-state index in [1.807, 2.05) is 48.0 Å². The lowest BCUT2D eigenvalue weighted by Crippen LogP contribution is -2.16. The van der Waals surface area contributed by atoms with Gasteiger partial charge in [-0.15, -0.1) is 0 Å². The summed E-state index contributed by atoms with van der Waals surface area (Å²) >= 11 is 1.40. The van der Waals surface area contributed by atoms with E-state index in [2.05, 4.69) is 28.3 Å². The number of aryl methyl sites for hydroxylation is 2. The van der Waals surface area contributed by atoms with Crippen molar-refractivity contribution in [3.05, 3.63) is 66.1 Å². The Morgan fingerprint density at radius 1 is 1.08 bits per heavy atom. The molecule has 2 aromatic heterocycles. The highest BCUT2D eigenvalue weighted by Gasteiger charge is 2.11. The number of para-hydroxylation sites is 1. The van der Waals surface area contributed by atoms with E-state index in [0.29, 0.717) is 5.82 Å². The topological polar surface area (TPSA) is 59.8 Å². The number of aromatic nitrogens is 3. The van der Waals surface area contributed by atoms with Gasteiger partial charge in [-0.05, 0) is 37.1 Å². The number of hydrogen-bond donors (Lipinski definition) is 1. The lowest BCUT2D eigenvalue weighted by atomic mass is 10.2. The third kappa shape index (κ3) is 3.65. The van der Waals surface area contributed by atoms with Crippen LogP contribution < -0.4 is 5.32 Å². The first kappa shape index (κ1) is 16.3. The molecular weight excluding hydrogens is 320 g/mol. The lowest BCUT2D eigenvalue weighted by molar-refractivity contribution is -0.113. The number of pyridine rings is 1. The van der Waals surface area contributed by atoms with Gasteiger partial charge in [-0.2, -0.15) is 0 Å². The average molecular weight is 338 g/mol. The van der Waals surface area contributed by atoms with Crippen LogP contribution in [0.1, 0.15) is 11.1 Å². The van der Waals surface area contributed by atoms with E-state index >= 15 is 0 Å². The first-order valence-corrected chi connectivity index (χ1v) is 8.57. The second-order valence-corrected chi connectivity index (χ2v) is 6.31. The molecule has 5 nitrogen and oxygen atoms in total. The second kappa shape index (κ2) is 7.31. The Kier molecular flexibility index (Phi) is 4.96. The van der Waals surface area contributed by atoms with Gasteiger partial charge in [0.25, 0.3) is 0 Å². The fraction of sp³-hybridized carbons (Fsp3) is 0.167. The van der Waals surface area contributed by atoms with Crippen LogP contribution in [0.4, 0.5) is 5.82 Å². The van der Waals surface area contributed by atoms with Crippen LogP contribution in [0.3, 0.4) is 0 Å². The number of hydrogen-bond acceptors (Lipinski definition) is 4. The number of amides is 1. The first-order valence-electron chi connectivity index (χ1n) is 7.59. The van der Waals surface area contributed by atoms with Crippen molar-refractivity contribution in [1.82, 2.24) is 14.5 Å². The standard InChI is InChI=1S/C18H18N4OS/c1-13-6-3-4-8-15(13)22-11-10-20-18(22)24-12-16(23)21-17-14(2)7-5-9-19-17/h3-11H,12H2,1-2H3,(H,19,21,23). The number of imidazole rings is 1. The van der Waals surface area contributed by atoms with Gasteiger partial charge in [0.15, 0.2) is 5.16 Å². The monoisotopic (exact) mass is 338 g/mol. The van der Waals surface area contributed by atoms with Crippen LogP contribution in [-0.4, -0.2) is 26.2 Å². The molecule has 3 aromatic rings. The van der Waals surface area contributed by atoms with Crippen LogP contribution >= 0.6 is 11.8 Å². The average Bonchev–Trinajstić information content (AvgIpc) is 3.04. The van der Waals surface area contributed by atoms with Gasteiger partial charge in [-0.1, -0.05) is 36.0 Å². The molecule has 0 aliphatic rings. The van der Waals surface area contributed by atoms with Gasteiger partial charge in [0, 0.05) is 18.6 Å². The van der Waals surface area contributed by atoms with E-state index < -0.39 is 0 Å². The molecule has 2 heterocycles. The van der Waals surface area contributed by atoms with E-state index in [1.165, 1.54) is 11.8 Å². The zero-order chi connectivity index (χ0) is 16.9. The van der Waals surface area contributed by atoms with Gasteiger partial charge in [-0.25, -0.2) is 9.97 Å². The van der Waals surface area contributed by atoms with Crippen LogP contribution in [0.25, 0.3) is 5.69 Å². The van der Waals surface area contributed by atoms with Crippen molar-refractivity contribution in [3.63, 3.8) is 0 Å². The molecule has 0 spiro atoms. The number of carbonyl (C=O) groups is 1. The van der Waals surface area contributed by atoms with Crippen LogP contribution in [-0.2, 0) is 4.79 Å². The van der Waals surface area contributed by atoms with Gasteiger partial charge in [0.2, 0.25) is 5.91 Å². The maximum atomic E-state index is 12.2. The van der Waals surface area contributed by atoms with Gasteiger partial charge in [0.05, 0.1) is 11.4 Å². The van der Waals surface area contributed by atoms with Crippen LogP contribution in [0.2, 0.25) is 0 Å². The molecular formula is C18H18N4OS. The van der Waals surface area contributed by atoms with Crippen LogP contribution in [0, 0.1) is 13.8 Å². The largest absolute Gasteiger partial charge is 0.310 e. The summed E-state index contributed by atoms with van der Waals surface area (Å²) in [4.78, 5) is 20.7. The molecule has 0 atom stereocenters. The van der Waals surface area contributed by atoms with E-state index in [1.54, 1.807) is 12.4 Å². The van der Waals surface area contributed by atoms with Crippen molar-refractivity contribution in [2.75, 3.05) is 11.1 Å². The summed E-state index contributed by atoms with van der Waals surface area (Å²) in [7, 11) is 0. The second-order valence-electron chi connectivity index (χ2n) is 5.37. The summed E-state index contributed by atoms with van der Waals surface area (Å²) in [5.74, 6) is 0.783. The minimum absolute atomic E-state index is 0.0962. The summed E-state index contributed by atoms with van der Waals surface area (Å²) < 4.78 is 2.00. The fourth-order valence-corrected chi connectivity index (χ4v) is 3.09. The smallest absolute Gasteiger partial charge is 0.236 e. The number of rotatable bonds is 5. The molecule has 3 rings (SSSR count). The van der Waals surface area contributed by atoms with Gasteiger partial charge in [0.1, 0.15) is 5.82 Å². The zero-order valence-electron chi connectivity index (χ0n) is 13.6. The van der Waals surface area contributed by atoms with Crippen molar-refractivity contribution in [1.29, 1.82) is 0 Å². The summed E-state index contributed by atoms with van der Waals surface area (Å²) in [5, 5.41) is 3.62. The molecule has 0 bridgehead atoms. The Labute approximate surface area is 145 Å². The van der Waals surface area contributed by atoms with Crippen molar-refractivity contribution in [2.45, 2.75) is 19.0 Å². The quantitative estimate of drug-likeness (QED) is 0.722. The third-order valence-corrected chi connectivity index (χ3v) is 4.55. The molecule has 0 radical (unpaired) electrons. The molecule has 0 aliphatic carbocycles. The maximum Gasteiger partial charge on any atom is 0.236 e. The lowest BCUT2D eigenvalue weighted by Gasteiger charge is -2.10. The number of anilines is 1. The Morgan fingerprint density at radius 2 is 1.88 bits per heavy atom. The van der Waals surface area contributed by atoms with Gasteiger partial charge < -0.3 is 5.32 Å². The number of nitrogens with zero attached hydrogens (tertiary/aromatic N) is 3. The Hall–Kier alpha value is -2.60. The Balaban J connectivity index is 1.68. The van der Waals surface area contributed by atoms with E-state index in [4.69, 9.17) is 0 Å². The minimum atomic E-state index is -0.0962. The minimum Gasteiger partial charge on any atom is -0.310 e. The molecule has 1 N–H and O–H groups in total. The van der Waals surface area contributed by atoms with Gasteiger partial charge in [-0.3, -0.25) is 9.36 Å². The number of thioether (sulfide) groups is 1. The van der Waals surface area contributed by atoms with E-state index in [9.17, 15) is 4.79 Å². The molecule has 122 valence electrons. The summed E-state index contributed by atoms with van der Waals surface area (Å²) in [6.07, 6.45) is 5.32. The number of nitrogens with one attached hydrogen (secondary N) is 1.